The standard InChI is InChI=1S/C24H19N5O3S2/c1-12-17-13(2)25-20(16-10-7-11-32-16)27-24(17)33-18(12)21(30)28-29-22(31)19-14(3)26-23(34-19)15-8-5-4-6-9-15/h4-11H,1-3H3,(H,28,30)(H,29,31). The summed E-state index contributed by atoms with van der Waals surface area (Å²) in [4.78, 5) is 40.8. The monoisotopic (exact) mass is 489 g/mol. The molecule has 0 saturated carbocycles. The Hall–Kier alpha value is -3.89. The molecule has 8 nitrogen and oxygen atoms in total. The van der Waals surface area contributed by atoms with Crippen LogP contribution in [0, 0.1) is 20.8 Å². The topological polar surface area (TPSA) is 110 Å². The van der Waals surface area contributed by atoms with E-state index in [-0.39, 0.29) is 0 Å². The van der Waals surface area contributed by atoms with E-state index in [1.54, 1.807) is 25.3 Å². The summed E-state index contributed by atoms with van der Waals surface area (Å²) >= 11 is 2.52. The highest BCUT2D eigenvalue weighted by molar-refractivity contribution is 7.20. The van der Waals surface area contributed by atoms with Gasteiger partial charge in [-0.3, -0.25) is 20.4 Å². The number of furan rings is 1. The van der Waals surface area contributed by atoms with E-state index in [4.69, 9.17) is 4.42 Å². The number of hydrogen-bond acceptors (Lipinski definition) is 8. The summed E-state index contributed by atoms with van der Waals surface area (Å²) in [6, 6.07) is 13.2. The molecular weight excluding hydrogens is 470 g/mol. The van der Waals surface area contributed by atoms with Crippen LogP contribution in [0.3, 0.4) is 0 Å². The van der Waals surface area contributed by atoms with Gasteiger partial charge in [-0.05, 0) is 38.5 Å². The third-order valence-electron chi connectivity index (χ3n) is 5.23. The molecule has 1 aromatic carbocycles. The molecule has 0 spiro atoms. The van der Waals surface area contributed by atoms with Gasteiger partial charge in [0.15, 0.2) is 11.6 Å². The van der Waals surface area contributed by atoms with Crippen molar-refractivity contribution in [1.29, 1.82) is 0 Å². The van der Waals surface area contributed by atoms with Crippen LogP contribution in [0.2, 0.25) is 0 Å². The molecule has 4 heterocycles. The minimum absolute atomic E-state index is 0.416. The number of aryl methyl sites for hydroxylation is 3. The van der Waals surface area contributed by atoms with E-state index in [1.807, 2.05) is 44.2 Å². The third-order valence-corrected chi connectivity index (χ3v) is 7.62. The summed E-state index contributed by atoms with van der Waals surface area (Å²) in [6.07, 6.45) is 1.56. The van der Waals surface area contributed by atoms with Gasteiger partial charge in [-0.25, -0.2) is 15.0 Å². The van der Waals surface area contributed by atoms with E-state index in [1.165, 1.54) is 22.7 Å². The Balaban J connectivity index is 1.35. The van der Waals surface area contributed by atoms with Crippen LogP contribution in [0.4, 0.5) is 0 Å². The molecule has 170 valence electrons. The van der Waals surface area contributed by atoms with Gasteiger partial charge in [0, 0.05) is 10.9 Å². The number of nitrogens with one attached hydrogen (secondary N) is 2. The summed E-state index contributed by atoms with van der Waals surface area (Å²) in [5.74, 6) is 0.189. The highest BCUT2D eigenvalue weighted by atomic mass is 32.1. The van der Waals surface area contributed by atoms with Crippen LogP contribution in [0.1, 0.15) is 36.3 Å². The SMILES string of the molecule is Cc1nc(-c2ccccc2)sc1C(=O)NNC(=O)c1sc2nc(-c3ccco3)nc(C)c2c1C. The second-order valence-corrected chi connectivity index (χ2v) is 9.55. The van der Waals surface area contributed by atoms with E-state index in [0.29, 0.717) is 31.9 Å². The minimum atomic E-state index is -0.418. The van der Waals surface area contributed by atoms with Crippen molar-refractivity contribution in [2.75, 3.05) is 0 Å². The Labute approximate surface area is 202 Å². The molecule has 0 atom stereocenters. The number of aromatic nitrogens is 3. The molecule has 0 unspecified atom stereocenters. The second-order valence-electron chi connectivity index (χ2n) is 7.55. The van der Waals surface area contributed by atoms with Gasteiger partial charge in [0.05, 0.1) is 22.5 Å². The van der Waals surface area contributed by atoms with Gasteiger partial charge in [-0.15, -0.1) is 22.7 Å². The van der Waals surface area contributed by atoms with Gasteiger partial charge in [0.1, 0.15) is 14.7 Å². The maximum atomic E-state index is 12.9. The average molecular weight is 490 g/mol. The number of rotatable bonds is 4. The molecule has 34 heavy (non-hydrogen) atoms. The molecule has 10 heteroatoms. The molecule has 5 aromatic rings. The molecule has 2 amide bonds. The first-order chi connectivity index (χ1) is 16.4. The number of carbonyl (C=O) groups excluding carboxylic acids is 2. The number of thiophene rings is 1. The van der Waals surface area contributed by atoms with Crippen LogP contribution < -0.4 is 10.9 Å². The van der Waals surface area contributed by atoms with Crippen molar-refractivity contribution < 1.29 is 14.0 Å². The van der Waals surface area contributed by atoms with Crippen molar-refractivity contribution in [1.82, 2.24) is 25.8 Å². The number of fused-ring (bicyclic) bond motifs is 1. The van der Waals surface area contributed by atoms with Crippen molar-refractivity contribution in [2.24, 2.45) is 0 Å². The van der Waals surface area contributed by atoms with Crippen molar-refractivity contribution in [2.45, 2.75) is 20.8 Å². The van der Waals surface area contributed by atoms with Crippen LogP contribution >= 0.6 is 22.7 Å². The minimum Gasteiger partial charge on any atom is -0.461 e. The summed E-state index contributed by atoms with van der Waals surface area (Å²) < 4.78 is 5.40. The van der Waals surface area contributed by atoms with Crippen LogP contribution in [0.5, 0.6) is 0 Å². The van der Waals surface area contributed by atoms with Crippen LogP contribution in [-0.2, 0) is 0 Å². The van der Waals surface area contributed by atoms with Gasteiger partial charge in [0.25, 0.3) is 11.8 Å². The Morgan fingerprint density at radius 2 is 1.56 bits per heavy atom. The summed E-state index contributed by atoms with van der Waals surface area (Å²) in [5, 5.41) is 1.57. The first-order valence-electron chi connectivity index (χ1n) is 10.4. The van der Waals surface area contributed by atoms with Crippen LogP contribution in [0.25, 0.3) is 32.4 Å². The number of nitrogens with zero attached hydrogens (tertiary/aromatic N) is 3. The molecule has 2 N–H and O–H groups in total. The van der Waals surface area contributed by atoms with Gasteiger partial charge in [-0.1, -0.05) is 30.3 Å². The van der Waals surface area contributed by atoms with Crippen molar-refractivity contribution >= 4 is 44.7 Å². The molecule has 4 aromatic heterocycles. The number of hydrogen-bond donors (Lipinski definition) is 2. The third kappa shape index (κ3) is 3.97. The fourth-order valence-electron chi connectivity index (χ4n) is 3.61. The lowest BCUT2D eigenvalue weighted by atomic mass is 10.1. The second kappa shape index (κ2) is 8.81. The molecule has 5 rings (SSSR count). The lowest BCUT2D eigenvalue weighted by Gasteiger charge is -2.06. The normalized spacial score (nSPS) is 11.0. The zero-order chi connectivity index (χ0) is 23.8. The summed E-state index contributed by atoms with van der Waals surface area (Å²) in [7, 11) is 0. The molecule has 0 radical (unpaired) electrons. The number of thiazole rings is 1. The van der Waals surface area contributed by atoms with E-state index < -0.39 is 11.8 Å². The smallest absolute Gasteiger partial charge is 0.281 e. The van der Waals surface area contributed by atoms with Crippen LogP contribution in [-0.4, -0.2) is 26.8 Å². The first kappa shape index (κ1) is 21.9. The Morgan fingerprint density at radius 1 is 0.824 bits per heavy atom. The number of amides is 2. The zero-order valence-corrected chi connectivity index (χ0v) is 20.1. The number of carbonyl (C=O) groups is 2. The zero-order valence-electron chi connectivity index (χ0n) is 18.5. The van der Waals surface area contributed by atoms with Crippen LogP contribution in [0.15, 0.2) is 53.1 Å². The van der Waals surface area contributed by atoms with Crippen molar-refractivity contribution in [3.8, 4) is 22.2 Å². The first-order valence-corrected chi connectivity index (χ1v) is 12.0. The molecule has 0 fully saturated rings. The molecular formula is C24H19N5O3S2. The molecule has 0 aliphatic carbocycles. The summed E-state index contributed by atoms with van der Waals surface area (Å²) in [5.41, 5.74) is 8.08. The van der Waals surface area contributed by atoms with E-state index in [0.717, 1.165) is 27.2 Å². The highest BCUT2D eigenvalue weighted by Gasteiger charge is 2.22. The molecule has 0 aliphatic rings. The van der Waals surface area contributed by atoms with E-state index in [9.17, 15) is 9.59 Å². The number of hydrazine groups is 1. The van der Waals surface area contributed by atoms with E-state index >= 15 is 0 Å². The maximum absolute atomic E-state index is 12.9. The predicted molar refractivity (Wildman–Crippen MR) is 132 cm³/mol. The van der Waals surface area contributed by atoms with Gasteiger partial charge in [-0.2, -0.15) is 0 Å². The van der Waals surface area contributed by atoms with Crippen molar-refractivity contribution in [3.05, 3.63) is 75.4 Å². The largest absolute Gasteiger partial charge is 0.461 e. The Kier molecular flexibility index (Phi) is 5.68. The Bertz CT molecular complexity index is 1520. The van der Waals surface area contributed by atoms with Gasteiger partial charge >= 0.3 is 0 Å². The quantitative estimate of drug-likeness (QED) is 0.341. The molecule has 0 saturated heterocycles. The highest BCUT2D eigenvalue weighted by Crippen LogP contribution is 2.33. The van der Waals surface area contributed by atoms with Gasteiger partial charge in [0.2, 0.25) is 0 Å². The average Bonchev–Trinajstić information content (AvgIpc) is 3.57. The van der Waals surface area contributed by atoms with Gasteiger partial charge < -0.3 is 4.42 Å². The molecule has 0 aliphatic heterocycles. The number of benzene rings is 1. The maximum Gasteiger partial charge on any atom is 0.281 e. The predicted octanol–water partition coefficient (Wildman–Crippen LogP) is 5.07. The Morgan fingerprint density at radius 3 is 2.26 bits per heavy atom. The van der Waals surface area contributed by atoms with E-state index in [2.05, 4.69) is 25.8 Å². The van der Waals surface area contributed by atoms with Crippen molar-refractivity contribution in [3.63, 3.8) is 0 Å². The fourth-order valence-corrected chi connectivity index (χ4v) is 5.70. The molecule has 0 bridgehead atoms. The lowest BCUT2D eigenvalue weighted by molar-refractivity contribution is 0.0850. The lowest BCUT2D eigenvalue weighted by Crippen LogP contribution is -2.41. The summed E-state index contributed by atoms with van der Waals surface area (Å²) in [6.45, 7) is 5.49. The fraction of sp³-hybridized carbons (Fsp3) is 0.125.